The van der Waals surface area contributed by atoms with Gasteiger partial charge in [0.05, 0.1) is 11.2 Å². The van der Waals surface area contributed by atoms with Crippen LogP contribution in [0.1, 0.15) is 18.5 Å². The molecule has 0 saturated heterocycles. The second kappa shape index (κ2) is 4.23. The van der Waals surface area contributed by atoms with Crippen LogP contribution >= 0.6 is 0 Å². The average Bonchev–Trinajstić information content (AvgIpc) is 2.82. The van der Waals surface area contributed by atoms with Gasteiger partial charge in [-0.25, -0.2) is 4.68 Å². The maximum absolute atomic E-state index is 5.84. The van der Waals surface area contributed by atoms with Crippen LogP contribution in [0.5, 0.6) is 0 Å². The molecule has 0 fully saturated rings. The zero-order chi connectivity index (χ0) is 12.5. The molecule has 1 unspecified atom stereocenters. The SMILES string of the molecule is CC(N)c1ccc(-n2nnc3ccccc32)cc1. The van der Waals surface area contributed by atoms with Crippen molar-refractivity contribution >= 4 is 11.0 Å². The van der Waals surface area contributed by atoms with Crippen molar-refractivity contribution in [2.24, 2.45) is 5.73 Å². The summed E-state index contributed by atoms with van der Waals surface area (Å²) in [6.45, 7) is 1.97. The number of hydrogen-bond donors (Lipinski definition) is 1. The number of benzene rings is 2. The summed E-state index contributed by atoms with van der Waals surface area (Å²) >= 11 is 0. The van der Waals surface area contributed by atoms with Crippen LogP contribution in [0.25, 0.3) is 16.7 Å². The van der Waals surface area contributed by atoms with E-state index in [0.29, 0.717) is 0 Å². The summed E-state index contributed by atoms with van der Waals surface area (Å²) in [4.78, 5) is 0. The van der Waals surface area contributed by atoms with Crippen molar-refractivity contribution in [3.05, 3.63) is 54.1 Å². The van der Waals surface area contributed by atoms with Gasteiger partial charge in [-0.2, -0.15) is 0 Å². The Morgan fingerprint density at radius 1 is 1.06 bits per heavy atom. The number of aromatic nitrogens is 3. The first-order valence-electron chi connectivity index (χ1n) is 5.92. The third kappa shape index (κ3) is 1.76. The molecule has 4 heteroatoms. The second-order valence-electron chi connectivity index (χ2n) is 4.37. The van der Waals surface area contributed by atoms with Crippen molar-refractivity contribution in [1.82, 2.24) is 15.0 Å². The summed E-state index contributed by atoms with van der Waals surface area (Å²) in [7, 11) is 0. The van der Waals surface area contributed by atoms with E-state index >= 15 is 0 Å². The van der Waals surface area contributed by atoms with Gasteiger partial charge in [-0.05, 0) is 36.8 Å². The molecule has 2 N–H and O–H groups in total. The van der Waals surface area contributed by atoms with Gasteiger partial charge in [-0.3, -0.25) is 0 Å². The summed E-state index contributed by atoms with van der Waals surface area (Å²) in [5, 5.41) is 8.32. The van der Waals surface area contributed by atoms with Gasteiger partial charge in [0.15, 0.2) is 0 Å². The summed E-state index contributed by atoms with van der Waals surface area (Å²) in [5.74, 6) is 0. The highest BCUT2D eigenvalue weighted by atomic mass is 15.4. The average molecular weight is 238 g/mol. The number of hydrogen-bond acceptors (Lipinski definition) is 3. The first kappa shape index (κ1) is 10.9. The van der Waals surface area contributed by atoms with E-state index < -0.39 is 0 Å². The summed E-state index contributed by atoms with van der Waals surface area (Å²) in [6.07, 6.45) is 0. The third-order valence-electron chi connectivity index (χ3n) is 3.02. The first-order chi connectivity index (χ1) is 8.75. The monoisotopic (exact) mass is 238 g/mol. The Morgan fingerprint density at radius 3 is 2.50 bits per heavy atom. The molecule has 3 rings (SSSR count). The van der Waals surface area contributed by atoms with E-state index in [1.807, 2.05) is 60.1 Å². The van der Waals surface area contributed by atoms with Gasteiger partial charge in [0.1, 0.15) is 5.52 Å². The molecule has 3 aromatic rings. The predicted octanol–water partition coefficient (Wildman–Crippen LogP) is 2.44. The highest BCUT2D eigenvalue weighted by molar-refractivity contribution is 5.75. The fraction of sp³-hybridized carbons (Fsp3) is 0.143. The molecule has 1 atom stereocenters. The molecule has 0 radical (unpaired) electrons. The van der Waals surface area contributed by atoms with Gasteiger partial charge in [-0.15, -0.1) is 5.10 Å². The zero-order valence-electron chi connectivity index (χ0n) is 10.1. The molecular weight excluding hydrogens is 224 g/mol. The van der Waals surface area contributed by atoms with Gasteiger partial charge < -0.3 is 5.73 Å². The minimum atomic E-state index is 0.0477. The molecule has 1 heterocycles. The van der Waals surface area contributed by atoms with E-state index in [4.69, 9.17) is 5.73 Å². The van der Waals surface area contributed by atoms with Crippen LogP contribution < -0.4 is 5.73 Å². The van der Waals surface area contributed by atoms with E-state index in [0.717, 1.165) is 22.3 Å². The molecule has 4 nitrogen and oxygen atoms in total. The molecule has 90 valence electrons. The van der Waals surface area contributed by atoms with Crippen LogP contribution in [0.4, 0.5) is 0 Å². The number of nitrogens with two attached hydrogens (primary N) is 1. The predicted molar refractivity (Wildman–Crippen MR) is 71.5 cm³/mol. The van der Waals surface area contributed by atoms with Gasteiger partial charge in [0.2, 0.25) is 0 Å². The van der Waals surface area contributed by atoms with E-state index in [1.165, 1.54) is 0 Å². The lowest BCUT2D eigenvalue weighted by Gasteiger charge is -2.07. The highest BCUT2D eigenvalue weighted by Gasteiger charge is 2.06. The lowest BCUT2D eigenvalue weighted by atomic mass is 10.1. The van der Waals surface area contributed by atoms with Crippen molar-refractivity contribution in [1.29, 1.82) is 0 Å². The Kier molecular flexibility index (Phi) is 2.57. The van der Waals surface area contributed by atoms with E-state index in [2.05, 4.69) is 10.3 Å². The number of para-hydroxylation sites is 1. The maximum Gasteiger partial charge on any atom is 0.113 e. The van der Waals surface area contributed by atoms with Gasteiger partial charge in [0, 0.05) is 6.04 Å². The third-order valence-corrected chi connectivity index (χ3v) is 3.02. The molecule has 0 aliphatic rings. The molecule has 0 bridgehead atoms. The summed E-state index contributed by atoms with van der Waals surface area (Å²) in [5.41, 5.74) is 9.85. The van der Waals surface area contributed by atoms with Crippen molar-refractivity contribution in [3.8, 4) is 5.69 Å². The molecule has 0 amide bonds. The summed E-state index contributed by atoms with van der Waals surface area (Å²) in [6, 6.07) is 16.0. The topological polar surface area (TPSA) is 56.7 Å². The van der Waals surface area contributed by atoms with Crippen molar-refractivity contribution in [3.63, 3.8) is 0 Å². The Bertz CT molecular complexity index is 668. The van der Waals surface area contributed by atoms with Crippen LogP contribution in [0, 0.1) is 0 Å². The highest BCUT2D eigenvalue weighted by Crippen LogP contribution is 2.17. The van der Waals surface area contributed by atoms with Crippen LogP contribution in [0.3, 0.4) is 0 Å². The molecule has 1 aromatic heterocycles. The fourth-order valence-corrected chi connectivity index (χ4v) is 1.98. The molecule has 2 aromatic carbocycles. The van der Waals surface area contributed by atoms with Gasteiger partial charge in [-0.1, -0.05) is 29.5 Å². The lowest BCUT2D eigenvalue weighted by molar-refractivity contribution is 0.806. The standard InChI is InChI=1S/C14H14N4/c1-10(15)11-6-8-12(9-7-11)18-14-5-3-2-4-13(14)16-17-18/h2-10H,15H2,1H3. The molecular formula is C14H14N4. The van der Waals surface area contributed by atoms with Crippen LogP contribution in [-0.2, 0) is 0 Å². The molecule has 0 aliphatic heterocycles. The minimum absolute atomic E-state index is 0.0477. The molecule has 18 heavy (non-hydrogen) atoms. The van der Waals surface area contributed by atoms with E-state index in [9.17, 15) is 0 Å². The lowest BCUT2D eigenvalue weighted by Crippen LogP contribution is -2.05. The van der Waals surface area contributed by atoms with E-state index in [-0.39, 0.29) is 6.04 Å². The van der Waals surface area contributed by atoms with Crippen molar-refractivity contribution < 1.29 is 0 Å². The maximum atomic E-state index is 5.84. The Hall–Kier alpha value is -2.20. The number of fused-ring (bicyclic) bond motifs is 1. The number of rotatable bonds is 2. The smallest absolute Gasteiger partial charge is 0.113 e. The van der Waals surface area contributed by atoms with Crippen molar-refractivity contribution in [2.75, 3.05) is 0 Å². The Balaban J connectivity index is 2.09. The van der Waals surface area contributed by atoms with Crippen molar-refractivity contribution in [2.45, 2.75) is 13.0 Å². The van der Waals surface area contributed by atoms with Crippen LogP contribution in [0.2, 0.25) is 0 Å². The van der Waals surface area contributed by atoms with Crippen LogP contribution in [0.15, 0.2) is 48.5 Å². The molecule has 0 saturated carbocycles. The summed E-state index contributed by atoms with van der Waals surface area (Å²) < 4.78 is 1.83. The quantitative estimate of drug-likeness (QED) is 0.746. The van der Waals surface area contributed by atoms with E-state index in [1.54, 1.807) is 0 Å². The van der Waals surface area contributed by atoms with Gasteiger partial charge in [0.25, 0.3) is 0 Å². The van der Waals surface area contributed by atoms with Crippen LogP contribution in [-0.4, -0.2) is 15.0 Å². The molecule has 0 aliphatic carbocycles. The Labute approximate surface area is 105 Å². The minimum Gasteiger partial charge on any atom is -0.324 e. The normalized spacial score (nSPS) is 12.8. The number of nitrogens with zero attached hydrogens (tertiary/aromatic N) is 3. The largest absolute Gasteiger partial charge is 0.324 e. The second-order valence-corrected chi connectivity index (χ2v) is 4.37. The Morgan fingerprint density at radius 2 is 1.78 bits per heavy atom. The fourth-order valence-electron chi connectivity index (χ4n) is 1.98. The molecule has 0 spiro atoms. The van der Waals surface area contributed by atoms with Gasteiger partial charge >= 0.3 is 0 Å². The zero-order valence-corrected chi connectivity index (χ0v) is 10.1. The first-order valence-corrected chi connectivity index (χ1v) is 5.92.